The van der Waals surface area contributed by atoms with Gasteiger partial charge in [0.15, 0.2) is 0 Å². The number of carboxylic acid groups (broad SMARTS) is 1. The molecule has 104 valence electrons. The normalized spacial score (nSPS) is 18.7. The first kappa shape index (κ1) is 13.5. The van der Waals surface area contributed by atoms with Gasteiger partial charge in [-0.05, 0) is 30.7 Å². The van der Waals surface area contributed by atoms with E-state index >= 15 is 0 Å². The summed E-state index contributed by atoms with van der Waals surface area (Å²) < 4.78 is 0. The van der Waals surface area contributed by atoms with Crippen molar-refractivity contribution >= 4 is 45.9 Å². The number of carboxylic acids is 1. The quantitative estimate of drug-likeness (QED) is 0.923. The van der Waals surface area contributed by atoms with Crippen molar-refractivity contribution in [3.8, 4) is 0 Å². The molecule has 4 nitrogen and oxygen atoms in total. The molecule has 1 aromatic carbocycles. The van der Waals surface area contributed by atoms with Crippen LogP contribution in [-0.2, 0) is 4.79 Å². The number of pyridine rings is 1. The van der Waals surface area contributed by atoms with Gasteiger partial charge in [-0.2, -0.15) is 0 Å². The zero-order chi connectivity index (χ0) is 14.3. The molecule has 1 aliphatic heterocycles. The van der Waals surface area contributed by atoms with Gasteiger partial charge in [0, 0.05) is 18.5 Å². The molecule has 1 unspecified atom stereocenters. The number of anilines is 1. The topological polar surface area (TPSA) is 53.4 Å². The van der Waals surface area contributed by atoms with Gasteiger partial charge >= 0.3 is 5.97 Å². The number of hydrogen-bond acceptors (Lipinski definition) is 3. The first-order valence-electron chi connectivity index (χ1n) is 6.29. The van der Waals surface area contributed by atoms with Crippen LogP contribution in [0.15, 0.2) is 24.3 Å². The highest BCUT2D eigenvalue weighted by Gasteiger charge is 2.28. The fraction of sp³-hybridized carbons (Fsp3) is 0.286. The van der Waals surface area contributed by atoms with Gasteiger partial charge in [-0.3, -0.25) is 4.79 Å². The van der Waals surface area contributed by atoms with E-state index in [1.807, 2.05) is 17.0 Å². The molecule has 0 radical (unpaired) electrons. The summed E-state index contributed by atoms with van der Waals surface area (Å²) in [6, 6.07) is 7.19. The molecular formula is C14H12Cl2N2O2. The lowest BCUT2D eigenvalue weighted by molar-refractivity contribution is -0.140. The minimum absolute atomic E-state index is 0.331. The molecule has 6 heteroatoms. The zero-order valence-electron chi connectivity index (χ0n) is 10.5. The minimum Gasteiger partial charge on any atom is -0.481 e. The van der Waals surface area contributed by atoms with Crippen LogP contribution in [0.4, 0.5) is 5.82 Å². The van der Waals surface area contributed by atoms with Crippen LogP contribution in [0, 0.1) is 5.92 Å². The highest BCUT2D eigenvalue weighted by molar-refractivity contribution is 6.39. The van der Waals surface area contributed by atoms with E-state index in [9.17, 15) is 4.79 Å². The van der Waals surface area contributed by atoms with E-state index in [0.717, 1.165) is 11.2 Å². The molecule has 3 rings (SSSR count). The van der Waals surface area contributed by atoms with E-state index in [0.29, 0.717) is 35.1 Å². The summed E-state index contributed by atoms with van der Waals surface area (Å²) in [4.78, 5) is 17.5. The Kier molecular flexibility index (Phi) is 3.44. The Hall–Kier alpha value is -1.52. The molecule has 1 atom stereocenters. The number of hydrogen-bond donors (Lipinski definition) is 1. The minimum atomic E-state index is -0.755. The third-order valence-corrected chi connectivity index (χ3v) is 4.24. The van der Waals surface area contributed by atoms with Gasteiger partial charge in [0.1, 0.15) is 5.82 Å². The van der Waals surface area contributed by atoms with Crippen molar-refractivity contribution in [2.45, 2.75) is 6.42 Å². The number of nitrogens with zero attached hydrogens (tertiary/aromatic N) is 2. The summed E-state index contributed by atoms with van der Waals surface area (Å²) in [5.41, 5.74) is 0.649. The number of fused-ring (bicyclic) bond motifs is 1. The number of aliphatic carboxylic acids is 1. The van der Waals surface area contributed by atoms with E-state index in [2.05, 4.69) is 4.98 Å². The van der Waals surface area contributed by atoms with Crippen LogP contribution in [0.1, 0.15) is 6.42 Å². The maximum Gasteiger partial charge on any atom is 0.308 e. The average Bonchev–Trinajstić information content (AvgIpc) is 2.93. The van der Waals surface area contributed by atoms with Gasteiger partial charge in [0.05, 0.1) is 21.5 Å². The molecule has 1 aliphatic rings. The number of benzene rings is 1. The Balaban J connectivity index is 1.98. The van der Waals surface area contributed by atoms with Crippen LogP contribution in [0.5, 0.6) is 0 Å². The van der Waals surface area contributed by atoms with Crippen molar-refractivity contribution < 1.29 is 9.90 Å². The molecule has 0 saturated carbocycles. The monoisotopic (exact) mass is 310 g/mol. The molecule has 0 spiro atoms. The molecule has 2 aromatic rings. The summed E-state index contributed by atoms with van der Waals surface area (Å²) in [7, 11) is 0. The second kappa shape index (κ2) is 5.11. The van der Waals surface area contributed by atoms with Crippen LogP contribution >= 0.6 is 23.2 Å². The van der Waals surface area contributed by atoms with Gasteiger partial charge in [-0.25, -0.2) is 4.98 Å². The van der Waals surface area contributed by atoms with Gasteiger partial charge in [-0.1, -0.05) is 23.2 Å². The predicted octanol–water partition coefficient (Wildman–Crippen LogP) is 3.45. The summed E-state index contributed by atoms with van der Waals surface area (Å²) in [5, 5.41) is 11.0. The number of halogens is 2. The second-order valence-corrected chi connectivity index (χ2v) is 5.68. The molecule has 1 saturated heterocycles. The zero-order valence-corrected chi connectivity index (χ0v) is 12.0. The number of carbonyl (C=O) groups is 1. The first-order valence-corrected chi connectivity index (χ1v) is 7.04. The number of aromatic nitrogens is 1. The highest BCUT2D eigenvalue weighted by Crippen LogP contribution is 2.31. The van der Waals surface area contributed by atoms with Gasteiger partial charge in [0.25, 0.3) is 0 Å². The van der Waals surface area contributed by atoms with E-state index in [1.165, 1.54) is 0 Å². The summed E-state index contributed by atoms with van der Waals surface area (Å²) >= 11 is 12.3. The Morgan fingerprint density at radius 3 is 2.70 bits per heavy atom. The largest absolute Gasteiger partial charge is 0.481 e. The van der Waals surface area contributed by atoms with E-state index in [1.54, 1.807) is 12.1 Å². The molecule has 2 heterocycles. The van der Waals surface area contributed by atoms with Crippen molar-refractivity contribution in [3.63, 3.8) is 0 Å². The third-order valence-electron chi connectivity index (χ3n) is 3.60. The Morgan fingerprint density at radius 2 is 2.00 bits per heavy atom. The van der Waals surface area contributed by atoms with Gasteiger partial charge < -0.3 is 10.0 Å². The summed E-state index contributed by atoms with van der Waals surface area (Å²) in [6.07, 6.45) is 0.637. The lowest BCUT2D eigenvalue weighted by atomic mass is 10.1. The van der Waals surface area contributed by atoms with Crippen molar-refractivity contribution in [3.05, 3.63) is 34.3 Å². The van der Waals surface area contributed by atoms with Crippen LogP contribution < -0.4 is 4.90 Å². The highest BCUT2D eigenvalue weighted by atomic mass is 35.5. The maximum atomic E-state index is 11.0. The average molecular weight is 311 g/mol. The fourth-order valence-corrected chi connectivity index (χ4v) is 2.91. The van der Waals surface area contributed by atoms with Crippen molar-refractivity contribution in [1.82, 2.24) is 4.98 Å². The smallest absolute Gasteiger partial charge is 0.308 e. The van der Waals surface area contributed by atoms with Crippen molar-refractivity contribution in [1.29, 1.82) is 0 Å². The van der Waals surface area contributed by atoms with Crippen LogP contribution in [-0.4, -0.2) is 29.1 Å². The third kappa shape index (κ3) is 2.30. The molecule has 20 heavy (non-hydrogen) atoms. The second-order valence-electron chi connectivity index (χ2n) is 4.86. The van der Waals surface area contributed by atoms with Gasteiger partial charge in [-0.15, -0.1) is 0 Å². The van der Waals surface area contributed by atoms with Crippen molar-refractivity contribution in [2.75, 3.05) is 18.0 Å². The number of rotatable bonds is 2. The van der Waals surface area contributed by atoms with E-state index in [-0.39, 0.29) is 5.92 Å². The Morgan fingerprint density at radius 1 is 1.25 bits per heavy atom. The van der Waals surface area contributed by atoms with Crippen molar-refractivity contribution in [2.24, 2.45) is 5.92 Å². The molecule has 0 amide bonds. The predicted molar refractivity (Wildman–Crippen MR) is 79.7 cm³/mol. The molecule has 0 bridgehead atoms. The van der Waals surface area contributed by atoms with Crippen LogP contribution in [0.3, 0.4) is 0 Å². The molecule has 0 aliphatic carbocycles. The molecular weight excluding hydrogens is 299 g/mol. The standard InChI is InChI=1S/C14H12Cl2N2O2/c15-10-2-3-11(16)13-9(10)1-4-12(17-13)18-6-5-8(7-18)14(19)20/h1-4,8H,5-7H2,(H,19,20). The molecule has 1 fully saturated rings. The lowest BCUT2D eigenvalue weighted by Gasteiger charge is -2.17. The lowest BCUT2D eigenvalue weighted by Crippen LogP contribution is -2.23. The van der Waals surface area contributed by atoms with Crippen LogP contribution in [0.2, 0.25) is 10.0 Å². The maximum absolute atomic E-state index is 11.0. The Bertz CT molecular complexity index is 690. The SMILES string of the molecule is O=C(O)C1CCN(c2ccc3c(Cl)ccc(Cl)c3n2)C1. The van der Waals surface area contributed by atoms with E-state index < -0.39 is 5.97 Å². The van der Waals surface area contributed by atoms with Gasteiger partial charge in [0.2, 0.25) is 0 Å². The van der Waals surface area contributed by atoms with Crippen LogP contribution in [0.25, 0.3) is 10.9 Å². The van der Waals surface area contributed by atoms with E-state index in [4.69, 9.17) is 28.3 Å². The fourth-order valence-electron chi connectivity index (χ4n) is 2.48. The first-order chi connectivity index (χ1) is 9.56. The molecule has 1 aromatic heterocycles. The Labute approximate surface area is 125 Å². The summed E-state index contributed by atoms with van der Waals surface area (Å²) in [6.45, 7) is 1.17. The summed E-state index contributed by atoms with van der Waals surface area (Å²) in [5.74, 6) is -0.345. The molecule has 1 N–H and O–H groups in total.